The lowest BCUT2D eigenvalue weighted by atomic mass is 10.1. The van der Waals surface area contributed by atoms with Gasteiger partial charge in [0, 0.05) is 31.8 Å². The smallest absolute Gasteiger partial charge is 0.270 e. The number of hydrogen-bond acceptors (Lipinski definition) is 5. The molecule has 2 aromatic carbocycles. The molecule has 0 aliphatic carbocycles. The number of hydrogen-bond donors (Lipinski definition) is 2. The highest BCUT2D eigenvalue weighted by Crippen LogP contribution is 2.28. The van der Waals surface area contributed by atoms with E-state index in [2.05, 4.69) is 15.5 Å². The molecule has 3 rings (SSSR count). The lowest BCUT2D eigenvalue weighted by molar-refractivity contribution is -0.384. The number of non-ortho nitro benzene ring substituents is 1. The monoisotopic (exact) mass is 410 g/mol. The fourth-order valence-corrected chi connectivity index (χ4v) is 3.54. The van der Waals surface area contributed by atoms with Gasteiger partial charge in [0.1, 0.15) is 0 Å². The molecular weight excluding hydrogens is 384 g/mol. The van der Waals surface area contributed by atoms with Crippen LogP contribution in [0, 0.1) is 10.1 Å². The normalized spacial score (nSPS) is 13.5. The Morgan fingerprint density at radius 1 is 1.00 bits per heavy atom. The highest BCUT2D eigenvalue weighted by Gasteiger charge is 2.22. The van der Waals surface area contributed by atoms with Gasteiger partial charge in [-0.3, -0.25) is 19.7 Å². The van der Waals surface area contributed by atoms with Crippen molar-refractivity contribution < 1.29 is 14.5 Å². The van der Waals surface area contributed by atoms with Crippen LogP contribution in [-0.2, 0) is 11.2 Å². The van der Waals surface area contributed by atoms with E-state index < -0.39 is 10.8 Å². The summed E-state index contributed by atoms with van der Waals surface area (Å²) in [5, 5.41) is 16.5. The second kappa shape index (κ2) is 10.4. The molecule has 1 heterocycles. The van der Waals surface area contributed by atoms with Crippen molar-refractivity contribution in [3.63, 3.8) is 0 Å². The minimum Gasteiger partial charge on any atom is -0.371 e. The first kappa shape index (κ1) is 21.3. The number of benzene rings is 2. The molecule has 0 radical (unpaired) electrons. The van der Waals surface area contributed by atoms with Crippen molar-refractivity contribution in [2.24, 2.45) is 0 Å². The first-order chi connectivity index (χ1) is 14.5. The molecule has 8 nitrogen and oxygen atoms in total. The quantitative estimate of drug-likeness (QED) is 0.514. The van der Waals surface area contributed by atoms with Crippen LogP contribution in [0.1, 0.15) is 35.2 Å². The predicted molar refractivity (Wildman–Crippen MR) is 115 cm³/mol. The summed E-state index contributed by atoms with van der Waals surface area (Å²) < 4.78 is 0. The van der Waals surface area contributed by atoms with Crippen molar-refractivity contribution in [3.8, 4) is 0 Å². The summed E-state index contributed by atoms with van der Waals surface area (Å²) in [6.45, 7) is 1.89. The molecule has 1 saturated heterocycles. The molecule has 0 unspecified atom stereocenters. The molecule has 30 heavy (non-hydrogen) atoms. The first-order valence-corrected chi connectivity index (χ1v) is 10.2. The van der Waals surface area contributed by atoms with E-state index in [0.29, 0.717) is 18.7 Å². The van der Waals surface area contributed by atoms with Gasteiger partial charge in [-0.1, -0.05) is 30.3 Å². The lowest BCUT2D eigenvalue weighted by Gasteiger charge is -2.30. The summed E-state index contributed by atoms with van der Waals surface area (Å²) in [4.78, 5) is 37.5. The van der Waals surface area contributed by atoms with Crippen LogP contribution in [0.3, 0.4) is 0 Å². The van der Waals surface area contributed by atoms with Crippen LogP contribution in [0.5, 0.6) is 0 Å². The number of nitro groups is 1. The van der Waals surface area contributed by atoms with Gasteiger partial charge in [-0.2, -0.15) is 0 Å². The number of nitrogens with zero attached hydrogens (tertiary/aromatic N) is 2. The van der Waals surface area contributed by atoms with Gasteiger partial charge in [0.05, 0.1) is 22.7 Å². The van der Waals surface area contributed by atoms with Gasteiger partial charge in [0.15, 0.2) is 0 Å². The Morgan fingerprint density at radius 2 is 1.73 bits per heavy atom. The molecule has 0 bridgehead atoms. The molecule has 158 valence electrons. The fraction of sp³-hybridized carbons (Fsp3) is 0.364. The number of amides is 2. The van der Waals surface area contributed by atoms with E-state index in [-0.39, 0.29) is 23.7 Å². The van der Waals surface area contributed by atoms with Gasteiger partial charge in [-0.15, -0.1) is 0 Å². The first-order valence-electron chi connectivity index (χ1n) is 10.2. The van der Waals surface area contributed by atoms with Crippen LogP contribution in [0.4, 0.5) is 11.4 Å². The molecule has 2 aromatic rings. The Morgan fingerprint density at radius 3 is 2.43 bits per heavy atom. The molecule has 2 N–H and O–H groups in total. The zero-order valence-corrected chi connectivity index (χ0v) is 16.8. The minimum absolute atomic E-state index is 0.145. The largest absolute Gasteiger partial charge is 0.371 e. The molecule has 1 aliphatic heterocycles. The summed E-state index contributed by atoms with van der Waals surface area (Å²) in [7, 11) is 0. The average molecular weight is 410 g/mol. The number of carbonyl (C=O) groups excluding carboxylic acids is 2. The van der Waals surface area contributed by atoms with Gasteiger partial charge in [0.25, 0.3) is 11.6 Å². The Balaban J connectivity index is 1.59. The van der Waals surface area contributed by atoms with E-state index in [1.807, 2.05) is 30.3 Å². The third-order valence-corrected chi connectivity index (χ3v) is 5.12. The van der Waals surface area contributed by atoms with Crippen LogP contribution in [0.15, 0.2) is 48.5 Å². The van der Waals surface area contributed by atoms with Crippen LogP contribution in [0.25, 0.3) is 0 Å². The molecule has 0 atom stereocenters. The Kier molecular flexibility index (Phi) is 7.37. The summed E-state index contributed by atoms with van der Waals surface area (Å²) in [5.41, 5.74) is 1.86. The molecule has 0 aromatic heterocycles. The van der Waals surface area contributed by atoms with Crippen molar-refractivity contribution >= 4 is 23.2 Å². The van der Waals surface area contributed by atoms with Crippen molar-refractivity contribution in [1.82, 2.24) is 10.6 Å². The lowest BCUT2D eigenvalue weighted by Crippen LogP contribution is -2.38. The van der Waals surface area contributed by atoms with Crippen molar-refractivity contribution in [3.05, 3.63) is 69.8 Å². The summed E-state index contributed by atoms with van der Waals surface area (Å²) >= 11 is 0. The molecule has 8 heteroatoms. The number of anilines is 1. The summed E-state index contributed by atoms with van der Waals surface area (Å²) in [5.74, 6) is -0.790. The van der Waals surface area contributed by atoms with Gasteiger partial charge < -0.3 is 15.5 Å². The van der Waals surface area contributed by atoms with Crippen LogP contribution in [-0.4, -0.2) is 42.9 Å². The second-order valence-electron chi connectivity index (χ2n) is 7.27. The van der Waals surface area contributed by atoms with Crippen molar-refractivity contribution in [2.75, 3.05) is 31.1 Å². The van der Waals surface area contributed by atoms with E-state index >= 15 is 0 Å². The number of carbonyl (C=O) groups is 2. The third kappa shape index (κ3) is 5.79. The highest BCUT2D eigenvalue weighted by molar-refractivity contribution is 6.02. The van der Waals surface area contributed by atoms with Crippen molar-refractivity contribution in [2.45, 2.75) is 25.7 Å². The molecule has 1 fully saturated rings. The second-order valence-corrected chi connectivity index (χ2v) is 7.27. The fourth-order valence-electron chi connectivity index (χ4n) is 3.54. The van der Waals surface area contributed by atoms with E-state index in [1.165, 1.54) is 12.1 Å². The Labute approximate surface area is 175 Å². The Hall–Kier alpha value is -3.42. The zero-order valence-electron chi connectivity index (χ0n) is 16.8. The Bertz CT molecular complexity index is 895. The average Bonchev–Trinajstić information content (AvgIpc) is 2.78. The van der Waals surface area contributed by atoms with E-state index in [9.17, 15) is 19.7 Å². The molecule has 0 spiro atoms. The molecule has 1 aliphatic rings. The maximum atomic E-state index is 12.7. The van der Waals surface area contributed by atoms with E-state index in [1.54, 1.807) is 6.07 Å². The van der Waals surface area contributed by atoms with Crippen molar-refractivity contribution in [1.29, 1.82) is 0 Å². The van der Waals surface area contributed by atoms with Gasteiger partial charge in [-0.05, 0) is 37.3 Å². The predicted octanol–water partition coefficient (Wildman–Crippen LogP) is 2.67. The standard InChI is InChI=1S/C22H26N4O4/c27-21(23-12-11-17-7-3-1-4-8-17)16-24-22(28)19-15-18(26(29)30)9-10-20(19)25-13-5-2-6-14-25/h1,3-4,7-10,15H,2,5-6,11-14,16H2,(H,23,27)(H,24,28). The van der Waals surface area contributed by atoms with Gasteiger partial charge in [0.2, 0.25) is 5.91 Å². The molecular formula is C22H26N4O4. The van der Waals surface area contributed by atoms with Gasteiger partial charge >= 0.3 is 0 Å². The minimum atomic E-state index is -0.521. The SMILES string of the molecule is O=C(CNC(=O)c1cc([N+](=O)[O-])ccc1N1CCCCC1)NCCc1ccccc1. The third-order valence-electron chi connectivity index (χ3n) is 5.12. The maximum absolute atomic E-state index is 12.7. The number of rotatable bonds is 8. The summed E-state index contributed by atoms with van der Waals surface area (Å²) in [6.07, 6.45) is 3.86. The van der Waals surface area contributed by atoms with E-state index in [0.717, 1.165) is 37.9 Å². The highest BCUT2D eigenvalue weighted by atomic mass is 16.6. The number of piperidine rings is 1. The van der Waals surface area contributed by atoms with Crippen LogP contribution in [0.2, 0.25) is 0 Å². The van der Waals surface area contributed by atoms with Gasteiger partial charge in [-0.25, -0.2) is 0 Å². The topological polar surface area (TPSA) is 105 Å². The van der Waals surface area contributed by atoms with E-state index in [4.69, 9.17) is 0 Å². The van der Waals surface area contributed by atoms with Crippen LogP contribution >= 0.6 is 0 Å². The molecule has 0 saturated carbocycles. The zero-order chi connectivity index (χ0) is 21.3. The molecule has 2 amide bonds. The number of nitrogens with one attached hydrogen (secondary N) is 2. The maximum Gasteiger partial charge on any atom is 0.270 e. The summed E-state index contributed by atoms with van der Waals surface area (Å²) in [6, 6.07) is 14.1. The number of nitro benzene ring substituents is 1. The van der Waals surface area contributed by atoms with Crippen LogP contribution < -0.4 is 15.5 Å².